The van der Waals surface area contributed by atoms with Crippen LogP contribution in [0.4, 0.5) is 10.5 Å². The van der Waals surface area contributed by atoms with Crippen molar-refractivity contribution >= 4 is 17.4 Å². The predicted octanol–water partition coefficient (Wildman–Crippen LogP) is 9.23. The molecule has 3 aromatic rings. The van der Waals surface area contributed by atoms with Crippen molar-refractivity contribution in [3.8, 4) is 17.3 Å². The molecule has 5 rings (SSSR count). The predicted molar refractivity (Wildman–Crippen MR) is 185 cm³/mol. The van der Waals surface area contributed by atoms with Crippen LogP contribution in [0.1, 0.15) is 98.3 Å². The van der Waals surface area contributed by atoms with Gasteiger partial charge < -0.3 is 14.4 Å². The first kappa shape index (κ1) is 34.0. The van der Waals surface area contributed by atoms with Gasteiger partial charge in [0.15, 0.2) is 5.82 Å². The van der Waals surface area contributed by atoms with Crippen LogP contribution < -0.4 is 4.74 Å². The number of morpholine rings is 1. The second-order valence-electron chi connectivity index (χ2n) is 16.6. The van der Waals surface area contributed by atoms with Gasteiger partial charge in [0.25, 0.3) is 5.69 Å². The van der Waals surface area contributed by atoms with Crippen LogP contribution in [0.3, 0.4) is 0 Å². The number of nitrogens with zero attached hydrogens (tertiary/aromatic N) is 4. The van der Waals surface area contributed by atoms with Gasteiger partial charge in [-0.15, -0.1) is 0 Å². The van der Waals surface area contributed by atoms with Crippen LogP contribution in [-0.4, -0.2) is 51.9 Å². The molecule has 2 aromatic heterocycles. The molecule has 1 aliphatic carbocycles. The van der Waals surface area contributed by atoms with Crippen molar-refractivity contribution in [2.45, 2.75) is 100 Å². The minimum absolute atomic E-state index is 0.0257. The number of amides is 1. The number of carbonyl (C=O) groups is 1. The number of ether oxygens (including phenoxy) is 2. The summed E-state index contributed by atoms with van der Waals surface area (Å²) in [5, 5.41) is 3.46. The number of aromatic nitrogens is 3. The molecule has 0 bridgehead atoms. The number of carbonyl (C=O) groups excluding carboxylic acids is 1. The highest BCUT2D eigenvalue weighted by molar-refractivity contribution is 5.80. The van der Waals surface area contributed by atoms with Crippen LogP contribution in [0.25, 0.3) is 21.9 Å². The molecule has 8 nitrogen and oxygen atoms in total. The Balaban J connectivity index is 1.66. The van der Waals surface area contributed by atoms with Crippen molar-refractivity contribution in [2.75, 3.05) is 26.3 Å². The SMILES string of the molecule is [C-]#[N+]c1c(CC2C(CC(C)C)CC(C)CC2C(C)(C)C)c2nc(-c3cc(C)cc(C(C)(C)C)c3)[nH]n2c1OC(=O)N1CCOCC1. The Morgan fingerprint density at radius 3 is 2.43 bits per heavy atom. The van der Waals surface area contributed by atoms with E-state index in [0.717, 1.165) is 29.5 Å². The van der Waals surface area contributed by atoms with Crippen LogP contribution in [-0.2, 0) is 16.6 Å². The Hall–Kier alpha value is -3.31. The molecule has 1 amide bonds. The van der Waals surface area contributed by atoms with E-state index in [9.17, 15) is 4.79 Å². The lowest BCUT2D eigenvalue weighted by atomic mass is 9.57. The summed E-state index contributed by atoms with van der Waals surface area (Å²) in [4.78, 5) is 24.3. The van der Waals surface area contributed by atoms with E-state index in [1.54, 1.807) is 9.42 Å². The summed E-state index contributed by atoms with van der Waals surface area (Å²) in [6, 6.07) is 6.55. The van der Waals surface area contributed by atoms with Crippen LogP contribution in [0, 0.1) is 48.5 Å². The summed E-state index contributed by atoms with van der Waals surface area (Å²) in [5.41, 5.74) is 5.41. The first-order valence-electron chi connectivity index (χ1n) is 17.2. The van der Waals surface area contributed by atoms with Crippen molar-refractivity contribution in [1.82, 2.24) is 19.5 Å². The average Bonchev–Trinajstić information content (AvgIpc) is 3.51. The topological polar surface area (TPSA) is 76.2 Å². The first-order valence-corrected chi connectivity index (χ1v) is 17.2. The lowest BCUT2D eigenvalue weighted by Crippen LogP contribution is -2.42. The second kappa shape index (κ2) is 13.1. The van der Waals surface area contributed by atoms with E-state index >= 15 is 0 Å². The van der Waals surface area contributed by atoms with Crippen LogP contribution in [0.15, 0.2) is 18.2 Å². The van der Waals surface area contributed by atoms with Crippen molar-refractivity contribution in [1.29, 1.82) is 0 Å². The van der Waals surface area contributed by atoms with E-state index in [1.807, 2.05) is 0 Å². The zero-order valence-electron chi connectivity index (χ0n) is 29.8. The average molecular weight is 630 g/mol. The highest BCUT2D eigenvalue weighted by Crippen LogP contribution is 2.51. The second-order valence-corrected chi connectivity index (χ2v) is 16.6. The molecular weight excluding hydrogens is 574 g/mol. The Morgan fingerprint density at radius 1 is 1.13 bits per heavy atom. The Morgan fingerprint density at radius 2 is 1.83 bits per heavy atom. The summed E-state index contributed by atoms with van der Waals surface area (Å²) in [6.07, 6.45) is 3.81. The largest absolute Gasteiger partial charge is 0.415 e. The number of H-pyrrole nitrogens is 1. The molecule has 1 saturated heterocycles. The number of hydrogen-bond donors (Lipinski definition) is 1. The van der Waals surface area contributed by atoms with Gasteiger partial charge in [-0.25, -0.2) is 19.1 Å². The molecular formula is C38H55N5O3. The smallest absolute Gasteiger partial charge is 0.402 e. The number of nitrogens with one attached hydrogen (secondary N) is 1. The van der Waals surface area contributed by atoms with Gasteiger partial charge >= 0.3 is 6.09 Å². The number of aryl methyl sites for hydroxylation is 1. The number of hydrogen-bond acceptors (Lipinski definition) is 4. The number of aromatic amines is 1. The van der Waals surface area contributed by atoms with E-state index in [-0.39, 0.29) is 16.7 Å². The molecule has 3 heterocycles. The third-order valence-corrected chi connectivity index (χ3v) is 10.2. The van der Waals surface area contributed by atoms with Crippen molar-refractivity contribution in [3.63, 3.8) is 0 Å². The van der Waals surface area contributed by atoms with E-state index < -0.39 is 6.09 Å². The summed E-state index contributed by atoms with van der Waals surface area (Å²) < 4.78 is 13.3. The molecule has 250 valence electrons. The summed E-state index contributed by atoms with van der Waals surface area (Å²) in [7, 11) is 0. The monoisotopic (exact) mass is 629 g/mol. The maximum Gasteiger partial charge on any atom is 0.415 e. The molecule has 2 aliphatic rings. The van der Waals surface area contributed by atoms with Gasteiger partial charge in [0.2, 0.25) is 5.88 Å². The highest BCUT2D eigenvalue weighted by Gasteiger charge is 2.43. The zero-order chi connectivity index (χ0) is 33.6. The molecule has 46 heavy (non-hydrogen) atoms. The Bertz CT molecular complexity index is 1590. The highest BCUT2D eigenvalue weighted by atomic mass is 16.6. The lowest BCUT2D eigenvalue weighted by Gasteiger charge is -2.48. The molecule has 1 N–H and O–H groups in total. The van der Waals surface area contributed by atoms with Gasteiger partial charge in [0, 0.05) is 24.2 Å². The van der Waals surface area contributed by atoms with E-state index in [2.05, 4.69) is 97.4 Å². The fourth-order valence-corrected chi connectivity index (χ4v) is 7.94. The number of benzene rings is 1. The number of rotatable bonds is 6. The molecule has 1 aliphatic heterocycles. The third kappa shape index (κ3) is 7.15. The quantitative estimate of drug-likeness (QED) is 0.276. The van der Waals surface area contributed by atoms with Crippen LogP contribution in [0.5, 0.6) is 5.88 Å². The third-order valence-electron chi connectivity index (χ3n) is 10.2. The first-order chi connectivity index (χ1) is 21.6. The summed E-state index contributed by atoms with van der Waals surface area (Å²) >= 11 is 0. The molecule has 4 atom stereocenters. The fourth-order valence-electron chi connectivity index (χ4n) is 7.94. The summed E-state index contributed by atoms with van der Waals surface area (Å²) in [5.74, 6) is 3.62. The van der Waals surface area contributed by atoms with Gasteiger partial charge in [0.05, 0.1) is 19.8 Å². The zero-order valence-corrected chi connectivity index (χ0v) is 29.8. The Labute approximate surface area is 276 Å². The van der Waals surface area contributed by atoms with Gasteiger partial charge in [-0.1, -0.05) is 73.9 Å². The van der Waals surface area contributed by atoms with Crippen LogP contribution >= 0.6 is 0 Å². The normalized spacial score (nSPS) is 22.8. The van der Waals surface area contributed by atoms with Crippen LogP contribution in [0.2, 0.25) is 0 Å². The molecule has 0 spiro atoms. The van der Waals surface area contributed by atoms with Crippen molar-refractivity contribution in [2.24, 2.45) is 35.0 Å². The molecule has 1 aromatic carbocycles. The number of fused-ring (bicyclic) bond motifs is 1. The van der Waals surface area contributed by atoms with E-state index in [0.29, 0.717) is 73.1 Å². The molecule has 0 radical (unpaired) electrons. The van der Waals surface area contributed by atoms with Gasteiger partial charge in [-0.2, -0.15) is 0 Å². The molecule has 1 saturated carbocycles. The molecule has 2 fully saturated rings. The van der Waals surface area contributed by atoms with Gasteiger partial charge in [0.1, 0.15) is 5.65 Å². The molecule has 8 heteroatoms. The minimum Gasteiger partial charge on any atom is -0.402 e. The van der Waals surface area contributed by atoms with E-state index in [1.165, 1.54) is 18.4 Å². The maximum absolute atomic E-state index is 13.4. The Kier molecular flexibility index (Phi) is 9.67. The fraction of sp³-hybridized carbons (Fsp3) is 0.658. The minimum atomic E-state index is -0.461. The molecule has 4 unspecified atom stereocenters. The van der Waals surface area contributed by atoms with Crippen molar-refractivity contribution in [3.05, 3.63) is 46.3 Å². The van der Waals surface area contributed by atoms with Crippen molar-refractivity contribution < 1.29 is 14.3 Å². The summed E-state index contributed by atoms with van der Waals surface area (Å²) in [6.45, 7) is 33.1. The van der Waals surface area contributed by atoms with Gasteiger partial charge in [-0.3, -0.25) is 5.10 Å². The standard InChI is InChI=1S/C38H55N5O3/c1-23(2)16-26-17-25(4)20-31(38(8,9)10)29(26)22-30-32(39-11)35(46-36(44)42-12-14-45-15-13-42)43-34(30)40-33(41-43)27-18-24(3)19-28(21-27)37(5,6)7/h18-19,21,23,25-26,29,31H,12-17,20,22H2,1-10H3,(H,40,41). The van der Waals surface area contributed by atoms with Gasteiger partial charge in [-0.05, 0) is 90.7 Å². The van der Waals surface area contributed by atoms with E-state index in [4.69, 9.17) is 21.0 Å². The maximum atomic E-state index is 13.4. The lowest BCUT2D eigenvalue weighted by molar-refractivity contribution is 0.0259.